The topological polar surface area (TPSA) is 72.5 Å². The third-order valence-corrected chi connectivity index (χ3v) is 4.94. The van der Waals surface area contributed by atoms with Crippen LogP contribution in [0, 0.1) is 0 Å². The zero-order valence-corrected chi connectivity index (χ0v) is 13.0. The van der Waals surface area contributed by atoms with Crippen molar-refractivity contribution in [1.29, 1.82) is 0 Å². The van der Waals surface area contributed by atoms with Gasteiger partial charge in [-0.3, -0.25) is 4.79 Å². The molecule has 0 aliphatic carbocycles. The highest BCUT2D eigenvalue weighted by Crippen LogP contribution is 2.15. The molecule has 0 heterocycles. The third-order valence-electron chi connectivity index (χ3n) is 2.46. The Morgan fingerprint density at radius 1 is 1.30 bits per heavy atom. The van der Waals surface area contributed by atoms with Gasteiger partial charge in [-0.05, 0) is 18.6 Å². The predicted molar refractivity (Wildman–Crippen MR) is 80.2 cm³/mol. The van der Waals surface area contributed by atoms with E-state index in [2.05, 4.69) is 9.46 Å². The van der Waals surface area contributed by atoms with Crippen molar-refractivity contribution in [2.24, 2.45) is 0 Å². The lowest BCUT2D eigenvalue weighted by atomic mass is 10.3. The van der Waals surface area contributed by atoms with E-state index < -0.39 is 10.0 Å². The van der Waals surface area contributed by atoms with E-state index in [9.17, 15) is 13.2 Å². The quantitative estimate of drug-likeness (QED) is 0.426. The first-order valence-corrected chi connectivity index (χ1v) is 8.89. The van der Waals surface area contributed by atoms with Gasteiger partial charge < -0.3 is 4.74 Å². The van der Waals surface area contributed by atoms with Crippen LogP contribution < -0.4 is 4.72 Å². The molecule has 0 aliphatic rings. The largest absolute Gasteiger partial charge is 0.469 e. The van der Waals surface area contributed by atoms with E-state index in [1.165, 1.54) is 7.11 Å². The smallest absolute Gasteiger partial charge is 0.305 e. The number of hydrogen-bond acceptors (Lipinski definition) is 5. The van der Waals surface area contributed by atoms with Gasteiger partial charge in [0.1, 0.15) is 0 Å². The molecule has 0 bridgehead atoms. The fraction of sp³-hybridized carbons (Fsp3) is 0.462. The van der Waals surface area contributed by atoms with E-state index in [1.54, 1.807) is 11.8 Å². The molecule has 112 valence electrons. The second-order valence-corrected chi connectivity index (χ2v) is 7.15. The summed E-state index contributed by atoms with van der Waals surface area (Å²) in [5, 5.41) is 0. The maximum Gasteiger partial charge on any atom is 0.305 e. The summed E-state index contributed by atoms with van der Waals surface area (Å²) in [5.74, 6) is 0.220. The molecule has 1 aromatic rings. The molecule has 0 unspecified atom stereocenters. The number of rotatable bonds is 9. The van der Waals surface area contributed by atoms with Crippen LogP contribution in [0.1, 0.15) is 12.8 Å². The molecule has 0 aromatic heterocycles. The second-order valence-electron chi connectivity index (χ2n) is 4.05. The summed E-state index contributed by atoms with van der Waals surface area (Å²) in [6.07, 6.45) is 0.393. The molecular formula is C13H19NO4S2. The molecule has 0 atom stereocenters. The van der Waals surface area contributed by atoms with Crippen LogP contribution in [-0.2, 0) is 19.6 Å². The number of benzene rings is 1. The van der Waals surface area contributed by atoms with Gasteiger partial charge in [-0.2, -0.15) is 0 Å². The standard InChI is InChI=1S/C13H19NO4S2/c1-18-13(15)8-5-11-20(16,17)14-9-10-19-12-6-3-2-4-7-12/h2-4,6-7,14H,5,8-11H2,1H3. The van der Waals surface area contributed by atoms with E-state index in [1.807, 2.05) is 30.3 Å². The average Bonchev–Trinajstić information content (AvgIpc) is 2.44. The van der Waals surface area contributed by atoms with Gasteiger partial charge in [0, 0.05) is 23.6 Å². The fourth-order valence-electron chi connectivity index (χ4n) is 1.46. The maximum absolute atomic E-state index is 11.6. The third kappa shape index (κ3) is 7.52. The summed E-state index contributed by atoms with van der Waals surface area (Å²) < 4.78 is 30.3. The Hall–Kier alpha value is -1.05. The van der Waals surface area contributed by atoms with Gasteiger partial charge in [-0.25, -0.2) is 13.1 Å². The Bertz CT molecular complexity index is 502. The number of esters is 1. The van der Waals surface area contributed by atoms with Crippen LogP contribution in [0.4, 0.5) is 0 Å². The molecule has 1 aromatic carbocycles. The molecule has 1 N–H and O–H groups in total. The van der Waals surface area contributed by atoms with E-state index in [0.717, 1.165) is 4.90 Å². The molecule has 0 amide bonds. The molecule has 20 heavy (non-hydrogen) atoms. The Balaban J connectivity index is 2.18. The number of methoxy groups -OCH3 is 1. The molecular weight excluding hydrogens is 298 g/mol. The van der Waals surface area contributed by atoms with Gasteiger partial charge in [-0.15, -0.1) is 11.8 Å². The first-order chi connectivity index (χ1) is 9.53. The molecule has 0 saturated carbocycles. The van der Waals surface area contributed by atoms with E-state index >= 15 is 0 Å². The van der Waals surface area contributed by atoms with Crippen molar-refractivity contribution in [3.63, 3.8) is 0 Å². The Morgan fingerprint density at radius 3 is 2.65 bits per heavy atom. The van der Waals surface area contributed by atoms with Crippen LogP contribution in [0.15, 0.2) is 35.2 Å². The van der Waals surface area contributed by atoms with Crippen LogP contribution in [0.25, 0.3) is 0 Å². The highest BCUT2D eigenvalue weighted by Gasteiger charge is 2.10. The summed E-state index contributed by atoms with van der Waals surface area (Å²) in [6, 6.07) is 9.79. The van der Waals surface area contributed by atoms with E-state index in [4.69, 9.17) is 0 Å². The van der Waals surface area contributed by atoms with Gasteiger partial charge in [0.05, 0.1) is 12.9 Å². The fourth-order valence-corrected chi connectivity index (χ4v) is 3.46. The summed E-state index contributed by atoms with van der Waals surface area (Å²) in [4.78, 5) is 12.0. The minimum Gasteiger partial charge on any atom is -0.469 e. The van der Waals surface area contributed by atoms with Crippen molar-refractivity contribution in [3.8, 4) is 0 Å². The summed E-state index contributed by atoms with van der Waals surface area (Å²) >= 11 is 1.59. The van der Waals surface area contributed by atoms with Crippen molar-refractivity contribution in [1.82, 2.24) is 4.72 Å². The highest BCUT2D eigenvalue weighted by atomic mass is 32.2. The lowest BCUT2D eigenvalue weighted by molar-refractivity contribution is -0.140. The average molecular weight is 317 g/mol. The Kier molecular flexibility index (Phi) is 7.64. The van der Waals surface area contributed by atoms with Crippen LogP contribution in [0.5, 0.6) is 0 Å². The molecule has 1 rings (SSSR count). The number of sulfonamides is 1. The van der Waals surface area contributed by atoms with E-state index in [-0.39, 0.29) is 24.6 Å². The van der Waals surface area contributed by atoms with Crippen LogP contribution in [0.3, 0.4) is 0 Å². The molecule has 0 radical (unpaired) electrons. The number of carbonyl (C=O) groups excluding carboxylic acids is 1. The minimum atomic E-state index is -3.31. The normalized spacial score (nSPS) is 11.2. The summed E-state index contributed by atoms with van der Waals surface area (Å²) in [7, 11) is -2.02. The highest BCUT2D eigenvalue weighted by molar-refractivity contribution is 7.99. The van der Waals surface area contributed by atoms with Gasteiger partial charge in [0.2, 0.25) is 10.0 Å². The SMILES string of the molecule is COC(=O)CCCS(=O)(=O)NCCSc1ccccc1. The van der Waals surface area contributed by atoms with Crippen molar-refractivity contribution in [2.45, 2.75) is 17.7 Å². The minimum absolute atomic E-state index is 0.0574. The second kappa shape index (κ2) is 8.99. The summed E-state index contributed by atoms with van der Waals surface area (Å²) in [5.41, 5.74) is 0. The Labute approximate surface area is 124 Å². The molecule has 5 nitrogen and oxygen atoms in total. The molecule has 0 aliphatic heterocycles. The van der Waals surface area contributed by atoms with Gasteiger partial charge >= 0.3 is 5.97 Å². The molecule has 0 spiro atoms. The number of nitrogens with one attached hydrogen (secondary N) is 1. The lowest BCUT2D eigenvalue weighted by Crippen LogP contribution is -2.28. The van der Waals surface area contributed by atoms with Crippen LogP contribution in [-0.4, -0.2) is 39.5 Å². The first-order valence-electron chi connectivity index (χ1n) is 6.25. The molecule has 0 fully saturated rings. The van der Waals surface area contributed by atoms with Crippen LogP contribution >= 0.6 is 11.8 Å². The van der Waals surface area contributed by atoms with Crippen molar-refractivity contribution >= 4 is 27.8 Å². The Morgan fingerprint density at radius 2 is 2.00 bits per heavy atom. The number of carbonyl (C=O) groups is 1. The van der Waals surface area contributed by atoms with Gasteiger partial charge in [-0.1, -0.05) is 18.2 Å². The number of ether oxygens (including phenoxy) is 1. The van der Waals surface area contributed by atoms with Gasteiger partial charge in [0.25, 0.3) is 0 Å². The molecule has 0 saturated heterocycles. The number of thioether (sulfide) groups is 1. The van der Waals surface area contributed by atoms with E-state index in [0.29, 0.717) is 12.3 Å². The monoisotopic (exact) mass is 317 g/mol. The van der Waals surface area contributed by atoms with Gasteiger partial charge in [0.15, 0.2) is 0 Å². The van der Waals surface area contributed by atoms with Crippen molar-refractivity contribution < 1.29 is 17.9 Å². The van der Waals surface area contributed by atoms with Crippen molar-refractivity contribution in [2.75, 3.05) is 25.2 Å². The summed E-state index contributed by atoms with van der Waals surface area (Å²) in [6.45, 7) is 0.375. The maximum atomic E-state index is 11.6. The predicted octanol–water partition coefficient (Wildman–Crippen LogP) is 1.65. The van der Waals surface area contributed by atoms with Crippen molar-refractivity contribution in [3.05, 3.63) is 30.3 Å². The molecule has 7 heteroatoms. The zero-order valence-electron chi connectivity index (χ0n) is 11.4. The number of hydrogen-bond donors (Lipinski definition) is 1. The zero-order chi connectivity index (χ0) is 14.8. The van der Waals surface area contributed by atoms with Crippen LogP contribution in [0.2, 0.25) is 0 Å². The first kappa shape index (κ1) is 17.0. The lowest BCUT2D eigenvalue weighted by Gasteiger charge is -2.06.